The molecular weight excluding hydrogens is 462 g/mol. The van der Waals surface area contributed by atoms with Crippen LogP contribution in [0.4, 0.5) is 0 Å². The van der Waals surface area contributed by atoms with Gasteiger partial charge in [-0.2, -0.15) is 0 Å². The first-order chi connectivity index (χ1) is 17.9. The van der Waals surface area contributed by atoms with E-state index in [-0.39, 0.29) is 23.8 Å². The molecule has 1 aliphatic heterocycles. The van der Waals surface area contributed by atoms with E-state index < -0.39 is 5.92 Å². The van der Waals surface area contributed by atoms with Gasteiger partial charge in [0.05, 0.1) is 18.8 Å². The SMILES string of the molecule is CC[C@H](C)OC(=O)C1=C(C)NC2=C(C(=O)C[C@@H](c3ccc(OC)cc3)C2)[C@@H]1c1cccc2ccccc12. The highest BCUT2D eigenvalue weighted by atomic mass is 16.5. The zero-order valence-corrected chi connectivity index (χ0v) is 21.8. The van der Waals surface area contributed by atoms with Crippen LogP contribution in [-0.2, 0) is 14.3 Å². The van der Waals surface area contributed by atoms with Crippen LogP contribution in [-0.4, -0.2) is 25.0 Å². The van der Waals surface area contributed by atoms with Crippen LogP contribution in [0.15, 0.2) is 89.3 Å². The van der Waals surface area contributed by atoms with Gasteiger partial charge in [0.15, 0.2) is 5.78 Å². The summed E-state index contributed by atoms with van der Waals surface area (Å²) in [6, 6.07) is 22.2. The quantitative estimate of drug-likeness (QED) is 0.393. The fraction of sp³-hybridized carbons (Fsp3) is 0.312. The molecule has 0 amide bonds. The molecule has 3 aromatic rings. The van der Waals surface area contributed by atoms with Crippen molar-refractivity contribution in [3.05, 3.63) is 100 Å². The van der Waals surface area contributed by atoms with Crippen molar-refractivity contribution >= 4 is 22.5 Å². The first-order valence-electron chi connectivity index (χ1n) is 13.0. The van der Waals surface area contributed by atoms with E-state index >= 15 is 0 Å². The van der Waals surface area contributed by atoms with Gasteiger partial charge in [-0.25, -0.2) is 4.79 Å². The molecule has 1 N–H and O–H groups in total. The molecule has 1 heterocycles. The molecule has 5 heteroatoms. The van der Waals surface area contributed by atoms with Crippen LogP contribution in [0.5, 0.6) is 5.75 Å². The molecule has 0 radical (unpaired) electrons. The lowest BCUT2D eigenvalue weighted by Gasteiger charge is -2.37. The third-order valence-corrected chi connectivity index (χ3v) is 7.65. The lowest BCUT2D eigenvalue weighted by Crippen LogP contribution is -2.36. The minimum absolute atomic E-state index is 0.0549. The van der Waals surface area contributed by atoms with Gasteiger partial charge in [0.25, 0.3) is 0 Å². The molecule has 0 saturated heterocycles. The molecule has 37 heavy (non-hydrogen) atoms. The maximum Gasteiger partial charge on any atom is 0.337 e. The average Bonchev–Trinajstić information content (AvgIpc) is 2.91. The van der Waals surface area contributed by atoms with E-state index in [9.17, 15) is 9.59 Å². The zero-order chi connectivity index (χ0) is 26.1. The molecule has 0 spiro atoms. The van der Waals surface area contributed by atoms with E-state index in [0.717, 1.165) is 45.5 Å². The van der Waals surface area contributed by atoms with Crippen LogP contribution in [0, 0.1) is 0 Å². The molecule has 5 rings (SSSR count). The number of hydrogen-bond acceptors (Lipinski definition) is 5. The van der Waals surface area contributed by atoms with Crippen LogP contribution in [0.1, 0.15) is 63.0 Å². The van der Waals surface area contributed by atoms with Crippen LogP contribution >= 0.6 is 0 Å². The number of carbonyl (C=O) groups is 2. The Kier molecular flexibility index (Phi) is 6.88. The second-order valence-electron chi connectivity index (χ2n) is 9.98. The van der Waals surface area contributed by atoms with Crippen LogP contribution < -0.4 is 10.1 Å². The lowest BCUT2D eigenvalue weighted by molar-refractivity contribution is -0.143. The fourth-order valence-electron chi connectivity index (χ4n) is 5.56. The Morgan fingerprint density at radius 1 is 1.03 bits per heavy atom. The van der Waals surface area contributed by atoms with Gasteiger partial charge in [0, 0.05) is 29.3 Å². The molecule has 1 aliphatic carbocycles. The number of allylic oxidation sites excluding steroid dienone is 3. The number of methoxy groups -OCH3 is 1. The highest BCUT2D eigenvalue weighted by Gasteiger charge is 2.42. The smallest absolute Gasteiger partial charge is 0.337 e. The molecular formula is C32H33NO4. The Hall–Kier alpha value is -3.86. The minimum atomic E-state index is -0.483. The van der Waals surface area contributed by atoms with Crippen molar-refractivity contribution in [3.63, 3.8) is 0 Å². The number of rotatable bonds is 6. The first kappa shape index (κ1) is 24.8. The third-order valence-electron chi connectivity index (χ3n) is 7.65. The summed E-state index contributed by atoms with van der Waals surface area (Å²) >= 11 is 0. The number of ether oxygens (including phenoxy) is 2. The summed E-state index contributed by atoms with van der Waals surface area (Å²) in [5, 5.41) is 5.57. The number of hydrogen-bond donors (Lipinski definition) is 1. The van der Waals surface area contributed by atoms with E-state index in [2.05, 4.69) is 23.5 Å². The number of esters is 1. The van der Waals surface area contributed by atoms with E-state index in [0.29, 0.717) is 24.0 Å². The molecule has 0 saturated carbocycles. The zero-order valence-electron chi connectivity index (χ0n) is 21.8. The maximum atomic E-state index is 13.9. The van der Waals surface area contributed by atoms with Gasteiger partial charge >= 0.3 is 5.97 Å². The Bertz CT molecular complexity index is 1410. The fourth-order valence-corrected chi connectivity index (χ4v) is 5.56. The predicted molar refractivity (Wildman–Crippen MR) is 145 cm³/mol. The summed E-state index contributed by atoms with van der Waals surface area (Å²) in [5.41, 5.74) is 4.90. The number of carbonyl (C=O) groups excluding carboxylic acids is 2. The summed E-state index contributed by atoms with van der Waals surface area (Å²) in [7, 11) is 1.65. The van der Waals surface area contributed by atoms with Crippen molar-refractivity contribution in [2.45, 2.75) is 58.0 Å². The molecule has 2 aliphatic rings. The number of benzene rings is 3. The van der Waals surface area contributed by atoms with Gasteiger partial charge in [0.2, 0.25) is 0 Å². The van der Waals surface area contributed by atoms with Crippen molar-refractivity contribution in [2.24, 2.45) is 0 Å². The summed E-state index contributed by atoms with van der Waals surface area (Å²) in [6.45, 7) is 5.80. The molecule has 5 nitrogen and oxygen atoms in total. The van der Waals surface area contributed by atoms with Gasteiger partial charge in [0.1, 0.15) is 5.75 Å². The molecule has 3 aromatic carbocycles. The van der Waals surface area contributed by atoms with E-state index in [4.69, 9.17) is 9.47 Å². The summed E-state index contributed by atoms with van der Waals surface area (Å²) < 4.78 is 11.1. The van der Waals surface area contributed by atoms with Crippen LogP contribution in [0.2, 0.25) is 0 Å². The van der Waals surface area contributed by atoms with Crippen molar-refractivity contribution in [1.82, 2.24) is 5.32 Å². The van der Waals surface area contributed by atoms with E-state index in [1.807, 2.05) is 69.3 Å². The van der Waals surface area contributed by atoms with Gasteiger partial charge in [-0.05, 0) is 66.6 Å². The number of Topliss-reactive ketones (excluding diaryl/α,β-unsaturated/α-hetero) is 1. The largest absolute Gasteiger partial charge is 0.497 e. The number of ketones is 1. The second kappa shape index (κ2) is 10.3. The minimum Gasteiger partial charge on any atom is -0.497 e. The second-order valence-corrected chi connectivity index (χ2v) is 9.98. The average molecular weight is 496 g/mol. The first-order valence-corrected chi connectivity index (χ1v) is 13.0. The van der Waals surface area contributed by atoms with Crippen LogP contribution in [0.25, 0.3) is 10.8 Å². The number of fused-ring (bicyclic) bond motifs is 1. The van der Waals surface area contributed by atoms with Crippen molar-refractivity contribution in [1.29, 1.82) is 0 Å². The standard InChI is InChI=1S/C32H33NO4/c1-5-19(2)37-32(35)29-20(3)33-27-17-23(21-13-15-24(36-4)16-14-21)18-28(34)31(27)30(29)26-12-8-10-22-9-6-7-11-25(22)26/h6-16,19,23,30,33H,5,17-18H2,1-4H3/t19-,23-,30+/m0/s1. The maximum absolute atomic E-state index is 13.9. The summed E-state index contributed by atoms with van der Waals surface area (Å²) in [4.78, 5) is 27.5. The van der Waals surface area contributed by atoms with Crippen molar-refractivity contribution in [3.8, 4) is 5.75 Å². The van der Waals surface area contributed by atoms with Gasteiger partial charge < -0.3 is 14.8 Å². The normalized spacial score (nSPS) is 20.4. The number of nitrogens with one attached hydrogen (secondary N) is 1. The Balaban J connectivity index is 1.62. The van der Waals surface area contributed by atoms with Crippen molar-refractivity contribution in [2.75, 3.05) is 7.11 Å². The Labute approximate surface area is 218 Å². The molecule has 0 aromatic heterocycles. The monoisotopic (exact) mass is 495 g/mol. The Morgan fingerprint density at radius 2 is 1.76 bits per heavy atom. The Morgan fingerprint density at radius 3 is 2.49 bits per heavy atom. The highest BCUT2D eigenvalue weighted by Crippen LogP contribution is 2.47. The molecule has 3 atom stereocenters. The predicted octanol–water partition coefficient (Wildman–Crippen LogP) is 6.55. The van der Waals surface area contributed by atoms with E-state index in [1.165, 1.54) is 0 Å². The molecule has 0 bridgehead atoms. The van der Waals surface area contributed by atoms with Crippen LogP contribution in [0.3, 0.4) is 0 Å². The van der Waals surface area contributed by atoms with Crippen molar-refractivity contribution < 1.29 is 19.1 Å². The summed E-state index contributed by atoms with van der Waals surface area (Å²) in [5.74, 6) is 0.0612. The number of dihydropyridines is 1. The van der Waals surface area contributed by atoms with Gasteiger partial charge in [-0.15, -0.1) is 0 Å². The highest BCUT2D eigenvalue weighted by molar-refractivity contribution is 6.05. The summed E-state index contributed by atoms with van der Waals surface area (Å²) in [6.07, 6.45) is 1.60. The molecule has 190 valence electrons. The van der Waals surface area contributed by atoms with Gasteiger partial charge in [-0.1, -0.05) is 61.5 Å². The van der Waals surface area contributed by atoms with Gasteiger partial charge in [-0.3, -0.25) is 4.79 Å². The van der Waals surface area contributed by atoms with E-state index in [1.54, 1.807) is 7.11 Å². The molecule has 0 fully saturated rings. The third kappa shape index (κ3) is 4.66. The lowest BCUT2D eigenvalue weighted by atomic mass is 9.71. The molecule has 0 unspecified atom stereocenters. The topological polar surface area (TPSA) is 64.6 Å².